The minimum absolute atomic E-state index is 0.525. The molecule has 0 heterocycles. The molecule has 0 aromatic rings. The van der Waals surface area contributed by atoms with Crippen molar-refractivity contribution < 1.29 is 0 Å². The van der Waals surface area contributed by atoms with Crippen molar-refractivity contribution in [3.8, 4) is 0 Å². The standard InChI is InChI=1S/C3H10NSi/c1-4-5(2)3/h5H,1-3H3. The van der Waals surface area contributed by atoms with Gasteiger partial charge in [-0.15, -0.1) is 0 Å². The normalized spacial score (nSPS) is 9.60. The third-order valence-corrected chi connectivity index (χ3v) is 1.55. The third-order valence-electron chi connectivity index (χ3n) is 0.516. The second kappa shape index (κ2) is 2.42. The van der Waals surface area contributed by atoms with Crippen LogP contribution in [0.15, 0.2) is 0 Å². The highest BCUT2D eigenvalue weighted by Gasteiger charge is 1.83. The molecular weight excluding hydrogens is 78.1 g/mol. The zero-order chi connectivity index (χ0) is 4.28. The fraction of sp³-hybridized carbons (Fsp3) is 1.00. The Kier molecular flexibility index (Phi) is 2.50. The van der Waals surface area contributed by atoms with Crippen LogP contribution in [0.25, 0.3) is 0 Å². The quantitative estimate of drug-likeness (QED) is 0.407. The predicted octanol–water partition coefficient (Wildman–Crippen LogP) is 0.204. The number of hydrogen-bond acceptors (Lipinski definition) is 0. The van der Waals surface area contributed by atoms with Gasteiger partial charge in [0.1, 0.15) is 8.96 Å². The third kappa shape index (κ3) is 4.18. The van der Waals surface area contributed by atoms with Gasteiger partial charge in [-0.3, -0.25) is 4.98 Å². The maximum Gasteiger partial charge on any atom is 0.123 e. The summed E-state index contributed by atoms with van der Waals surface area (Å²) in [6.45, 7) is 4.39. The van der Waals surface area contributed by atoms with Crippen molar-refractivity contribution in [2.24, 2.45) is 0 Å². The molecule has 0 amide bonds. The number of nitrogens with zero attached hydrogens (tertiary/aromatic N) is 1. The van der Waals surface area contributed by atoms with E-state index in [0.717, 1.165) is 0 Å². The lowest BCUT2D eigenvalue weighted by Gasteiger charge is -1.89. The summed E-state index contributed by atoms with van der Waals surface area (Å²) in [5.74, 6) is 0. The van der Waals surface area contributed by atoms with Crippen LogP contribution in [0.2, 0.25) is 13.1 Å². The summed E-state index contributed by atoms with van der Waals surface area (Å²) >= 11 is 0. The molecule has 0 aromatic heterocycles. The topological polar surface area (TPSA) is 14.1 Å². The summed E-state index contributed by atoms with van der Waals surface area (Å²) in [5.41, 5.74) is 0. The first-order chi connectivity index (χ1) is 2.27. The number of rotatable bonds is 1. The van der Waals surface area contributed by atoms with Gasteiger partial charge in [0.2, 0.25) is 0 Å². The lowest BCUT2D eigenvalue weighted by molar-refractivity contribution is 1.19. The van der Waals surface area contributed by atoms with E-state index in [1.165, 1.54) is 0 Å². The molecule has 0 aromatic carbocycles. The highest BCUT2D eigenvalue weighted by atomic mass is 28.3. The van der Waals surface area contributed by atoms with Crippen LogP contribution >= 0.6 is 0 Å². The van der Waals surface area contributed by atoms with E-state index in [1.54, 1.807) is 0 Å². The van der Waals surface area contributed by atoms with Gasteiger partial charge in [-0.1, -0.05) is 13.1 Å². The van der Waals surface area contributed by atoms with E-state index in [4.69, 9.17) is 0 Å². The van der Waals surface area contributed by atoms with Crippen LogP contribution in [0.1, 0.15) is 0 Å². The fourth-order valence-electron chi connectivity index (χ4n) is 0. The van der Waals surface area contributed by atoms with Crippen LogP contribution in [0.4, 0.5) is 0 Å². The molecule has 0 aliphatic heterocycles. The van der Waals surface area contributed by atoms with Crippen molar-refractivity contribution in [1.29, 1.82) is 0 Å². The molecule has 5 heavy (non-hydrogen) atoms. The Morgan fingerprint density at radius 3 is 1.60 bits per heavy atom. The first kappa shape index (κ1) is 5.18. The Bertz CT molecular complexity index is 20.9. The van der Waals surface area contributed by atoms with E-state index in [0.29, 0.717) is 0 Å². The largest absolute Gasteiger partial charge is 0.277 e. The first-order valence-corrected chi connectivity index (χ1v) is 4.69. The minimum Gasteiger partial charge on any atom is -0.277 e. The van der Waals surface area contributed by atoms with Gasteiger partial charge in [-0.05, 0) is 7.05 Å². The van der Waals surface area contributed by atoms with Gasteiger partial charge in [0.15, 0.2) is 0 Å². The van der Waals surface area contributed by atoms with Crippen LogP contribution in [-0.4, -0.2) is 16.0 Å². The monoisotopic (exact) mass is 88.1 g/mol. The lowest BCUT2D eigenvalue weighted by Crippen LogP contribution is -2.12. The molecule has 1 radical (unpaired) electrons. The van der Waals surface area contributed by atoms with Crippen molar-refractivity contribution in [3.63, 3.8) is 0 Å². The van der Waals surface area contributed by atoms with Crippen LogP contribution < -0.4 is 4.98 Å². The predicted molar refractivity (Wildman–Crippen MR) is 26.9 cm³/mol. The van der Waals surface area contributed by atoms with E-state index in [2.05, 4.69) is 18.1 Å². The van der Waals surface area contributed by atoms with Crippen molar-refractivity contribution >= 4 is 8.96 Å². The van der Waals surface area contributed by atoms with Crippen molar-refractivity contribution in [2.45, 2.75) is 13.1 Å². The average Bonchev–Trinajstić information content (AvgIpc) is 1.38. The van der Waals surface area contributed by atoms with E-state index in [-0.39, 0.29) is 0 Å². The summed E-state index contributed by atoms with van der Waals surface area (Å²) in [6.07, 6.45) is 0. The van der Waals surface area contributed by atoms with Gasteiger partial charge in [-0.25, -0.2) is 0 Å². The zero-order valence-corrected chi connectivity index (χ0v) is 5.18. The number of hydrogen-bond donors (Lipinski definition) is 0. The van der Waals surface area contributed by atoms with Gasteiger partial charge in [0.05, 0.1) is 0 Å². The lowest BCUT2D eigenvalue weighted by atomic mass is 11.6. The Morgan fingerprint density at radius 2 is 1.60 bits per heavy atom. The first-order valence-electron chi connectivity index (χ1n) is 1.86. The molecule has 31 valence electrons. The van der Waals surface area contributed by atoms with E-state index >= 15 is 0 Å². The van der Waals surface area contributed by atoms with Gasteiger partial charge in [0, 0.05) is 0 Å². The molecular formula is C3H10NSi. The second-order valence-corrected chi connectivity index (χ2v) is 4.06. The van der Waals surface area contributed by atoms with Gasteiger partial charge in [0.25, 0.3) is 0 Å². The molecule has 0 fully saturated rings. The molecule has 0 N–H and O–H groups in total. The molecule has 0 saturated carbocycles. The van der Waals surface area contributed by atoms with E-state index in [9.17, 15) is 0 Å². The molecule has 0 bridgehead atoms. The van der Waals surface area contributed by atoms with Crippen LogP contribution in [0, 0.1) is 0 Å². The Balaban J connectivity index is 2.54. The Hall–Kier alpha value is 0.177. The molecule has 0 unspecified atom stereocenters. The summed E-state index contributed by atoms with van der Waals surface area (Å²) in [7, 11) is 1.36. The molecule has 0 rings (SSSR count). The Morgan fingerprint density at radius 1 is 1.40 bits per heavy atom. The summed E-state index contributed by atoms with van der Waals surface area (Å²) in [5, 5.41) is 0. The minimum atomic E-state index is -0.525. The summed E-state index contributed by atoms with van der Waals surface area (Å²) < 4.78 is 0. The van der Waals surface area contributed by atoms with Crippen molar-refractivity contribution in [2.75, 3.05) is 7.05 Å². The van der Waals surface area contributed by atoms with Crippen LogP contribution in [-0.2, 0) is 0 Å². The van der Waals surface area contributed by atoms with Gasteiger partial charge in [-0.2, -0.15) is 0 Å². The maximum atomic E-state index is 4.03. The van der Waals surface area contributed by atoms with Crippen molar-refractivity contribution in [1.82, 2.24) is 4.98 Å². The van der Waals surface area contributed by atoms with Gasteiger partial charge >= 0.3 is 0 Å². The SMILES string of the molecule is C[N][SiH](C)C. The average molecular weight is 88.2 g/mol. The van der Waals surface area contributed by atoms with Gasteiger partial charge < -0.3 is 0 Å². The second-order valence-electron chi connectivity index (χ2n) is 1.35. The molecule has 0 saturated heterocycles. The highest BCUT2D eigenvalue weighted by molar-refractivity contribution is 6.52. The molecule has 0 atom stereocenters. The molecule has 0 spiro atoms. The Labute approximate surface area is 35.1 Å². The fourth-order valence-corrected chi connectivity index (χ4v) is 0. The zero-order valence-electron chi connectivity index (χ0n) is 4.02. The van der Waals surface area contributed by atoms with Crippen molar-refractivity contribution in [3.05, 3.63) is 0 Å². The molecule has 0 aliphatic rings. The smallest absolute Gasteiger partial charge is 0.123 e. The summed E-state index contributed by atoms with van der Waals surface area (Å²) in [4.78, 5) is 4.03. The maximum absolute atomic E-state index is 4.03. The van der Waals surface area contributed by atoms with Crippen LogP contribution in [0.3, 0.4) is 0 Å². The molecule has 2 heteroatoms. The molecule has 1 nitrogen and oxygen atoms in total. The summed E-state index contributed by atoms with van der Waals surface area (Å²) in [6, 6.07) is 0. The van der Waals surface area contributed by atoms with Crippen LogP contribution in [0.5, 0.6) is 0 Å². The van der Waals surface area contributed by atoms with E-state index < -0.39 is 8.96 Å². The van der Waals surface area contributed by atoms with E-state index in [1.807, 2.05) is 7.05 Å². The molecule has 0 aliphatic carbocycles. The highest BCUT2D eigenvalue weighted by Crippen LogP contribution is 1.65.